The molecule has 4 nitrogen and oxygen atoms in total. The third-order valence-corrected chi connectivity index (χ3v) is 4.84. The first-order chi connectivity index (χ1) is 9.73. The first kappa shape index (κ1) is 13.4. The number of carbonyl (C=O) groups is 1. The van der Waals surface area contributed by atoms with E-state index in [1.807, 2.05) is 0 Å². The number of rotatable bonds is 5. The Kier molecular flexibility index (Phi) is 3.63. The Morgan fingerprint density at radius 2 is 2.10 bits per heavy atom. The second-order valence-electron chi connectivity index (χ2n) is 5.34. The van der Waals surface area contributed by atoms with Crippen LogP contribution in [0.2, 0.25) is 0 Å². The minimum atomic E-state index is -0.118. The zero-order chi connectivity index (χ0) is 14.0. The van der Waals surface area contributed by atoms with E-state index in [4.69, 9.17) is 5.73 Å². The summed E-state index contributed by atoms with van der Waals surface area (Å²) in [5.74, 6) is 0.692. The van der Waals surface area contributed by atoms with Gasteiger partial charge in [-0.15, -0.1) is 0 Å². The normalized spacial score (nSPS) is 16.6. The van der Waals surface area contributed by atoms with Crippen LogP contribution in [-0.4, -0.2) is 22.3 Å². The molecule has 0 radical (unpaired) electrons. The van der Waals surface area contributed by atoms with Crippen LogP contribution in [0, 0.1) is 0 Å². The molecule has 1 saturated carbocycles. The Morgan fingerprint density at radius 1 is 1.35 bits per heavy atom. The highest BCUT2D eigenvalue weighted by Crippen LogP contribution is 2.46. The zero-order valence-corrected chi connectivity index (χ0v) is 12.0. The van der Waals surface area contributed by atoms with Gasteiger partial charge in [-0.1, -0.05) is 6.42 Å². The second kappa shape index (κ2) is 5.42. The molecular formula is C15H17N3OS. The molecule has 2 N–H and O–H groups in total. The van der Waals surface area contributed by atoms with Crippen molar-refractivity contribution in [2.45, 2.75) is 31.1 Å². The van der Waals surface area contributed by atoms with Crippen molar-refractivity contribution in [2.24, 2.45) is 5.73 Å². The van der Waals surface area contributed by atoms with Gasteiger partial charge >= 0.3 is 0 Å². The lowest BCUT2D eigenvalue weighted by Gasteiger charge is -2.41. The molecule has 0 bridgehead atoms. The van der Waals surface area contributed by atoms with Crippen LogP contribution in [0.25, 0.3) is 0 Å². The van der Waals surface area contributed by atoms with Crippen LogP contribution < -0.4 is 5.73 Å². The molecule has 0 unspecified atom stereocenters. The first-order valence-electron chi connectivity index (χ1n) is 6.80. The Bertz CT molecular complexity index is 588. The van der Waals surface area contributed by atoms with E-state index in [2.05, 4.69) is 26.8 Å². The van der Waals surface area contributed by atoms with Crippen molar-refractivity contribution in [1.82, 2.24) is 9.97 Å². The van der Waals surface area contributed by atoms with Crippen molar-refractivity contribution in [3.63, 3.8) is 0 Å². The molecule has 0 spiro atoms. The van der Waals surface area contributed by atoms with E-state index in [-0.39, 0.29) is 17.7 Å². The maximum atomic E-state index is 11.5. The number of Topliss-reactive ketones (excluding diaryl/α,β-unsaturated/α-hetero) is 1. The summed E-state index contributed by atoms with van der Waals surface area (Å²) < 4.78 is 0. The van der Waals surface area contributed by atoms with Gasteiger partial charge in [0.15, 0.2) is 5.78 Å². The summed E-state index contributed by atoms with van der Waals surface area (Å²) in [7, 11) is 0. The topological polar surface area (TPSA) is 68.9 Å². The van der Waals surface area contributed by atoms with Gasteiger partial charge in [-0.25, -0.2) is 9.97 Å². The number of thiophene rings is 1. The molecule has 0 aromatic carbocycles. The minimum absolute atomic E-state index is 0.00154. The van der Waals surface area contributed by atoms with Crippen LogP contribution in [0.1, 0.15) is 41.0 Å². The molecule has 2 heterocycles. The fraction of sp³-hybridized carbons (Fsp3) is 0.400. The van der Waals surface area contributed by atoms with Gasteiger partial charge in [0, 0.05) is 24.2 Å². The van der Waals surface area contributed by atoms with E-state index in [0.29, 0.717) is 5.56 Å². The quantitative estimate of drug-likeness (QED) is 0.857. The fourth-order valence-corrected chi connectivity index (χ4v) is 3.53. The minimum Gasteiger partial charge on any atom is -0.324 e. The average Bonchev–Trinajstić information content (AvgIpc) is 2.97. The third-order valence-electron chi connectivity index (χ3n) is 4.15. The lowest BCUT2D eigenvalue weighted by Crippen LogP contribution is -2.36. The van der Waals surface area contributed by atoms with Crippen LogP contribution in [0.3, 0.4) is 0 Å². The molecule has 1 fully saturated rings. The molecule has 1 aliphatic rings. The molecule has 20 heavy (non-hydrogen) atoms. The summed E-state index contributed by atoms with van der Waals surface area (Å²) in [6, 6.07) is 2.20. The molecule has 2 aromatic rings. The molecule has 1 aliphatic carbocycles. The molecule has 0 amide bonds. The largest absolute Gasteiger partial charge is 0.324 e. The average molecular weight is 287 g/mol. The van der Waals surface area contributed by atoms with Crippen molar-refractivity contribution >= 4 is 17.1 Å². The monoisotopic (exact) mass is 287 g/mol. The van der Waals surface area contributed by atoms with E-state index in [0.717, 1.165) is 12.2 Å². The predicted octanol–water partition coefficient (Wildman–Crippen LogP) is 2.34. The highest BCUT2D eigenvalue weighted by molar-refractivity contribution is 7.08. The van der Waals surface area contributed by atoms with E-state index < -0.39 is 0 Å². The van der Waals surface area contributed by atoms with Crippen LogP contribution in [0.15, 0.2) is 29.2 Å². The highest BCUT2D eigenvalue weighted by atomic mass is 32.1. The number of hydrogen-bond donors (Lipinski definition) is 1. The number of carbonyl (C=O) groups excluding carboxylic acids is 1. The van der Waals surface area contributed by atoms with Crippen LogP contribution in [-0.2, 0) is 11.8 Å². The molecular weight excluding hydrogens is 270 g/mol. The lowest BCUT2D eigenvalue weighted by atomic mass is 9.63. The van der Waals surface area contributed by atoms with Gasteiger partial charge in [-0.05, 0) is 35.2 Å². The standard InChI is InChI=1S/C15H17N3OS/c16-7-13(19)11-8-17-14(18-9-11)6-15(3-1-4-15)12-2-5-20-10-12/h2,5,8-10H,1,3-4,6-7,16H2. The van der Waals surface area contributed by atoms with Crippen LogP contribution in [0.4, 0.5) is 0 Å². The predicted molar refractivity (Wildman–Crippen MR) is 79.0 cm³/mol. The number of nitrogens with two attached hydrogens (primary N) is 1. The van der Waals surface area contributed by atoms with Crippen molar-refractivity contribution in [3.8, 4) is 0 Å². The van der Waals surface area contributed by atoms with E-state index in [1.165, 1.54) is 24.8 Å². The van der Waals surface area contributed by atoms with Gasteiger partial charge in [0.2, 0.25) is 0 Å². The molecule has 0 saturated heterocycles. The lowest BCUT2D eigenvalue weighted by molar-refractivity contribution is 0.100. The third kappa shape index (κ3) is 2.39. The van der Waals surface area contributed by atoms with Gasteiger partial charge in [0.1, 0.15) is 5.82 Å². The SMILES string of the molecule is NCC(=O)c1cnc(CC2(c3ccsc3)CCC2)nc1. The van der Waals surface area contributed by atoms with Gasteiger partial charge < -0.3 is 5.73 Å². The van der Waals surface area contributed by atoms with Gasteiger partial charge in [0.25, 0.3) is 0 Å². The van der Waals surface area contributed by atoms with Crippen molar-refractivity contribution in [1.29, 1.82) is 0 Å². The zero-order valence-electron chi connectivity index (χ0n) is 11.2. The highest BCUT2D eigenvalue weighted by Gasteiger charge is 2.39. The number of ketones is 1. The van der Waals surface area contributed by atoms with Gasteiger partial charge in [0.05, 0.1) is 12.1 Å². The smallest absolute Gasteiger partial charge is 0.179 e. The maximum Gasteiger partial charge on any atom is 0.179 e. The van der Waals surface area contributed by atoms with Crippen molar-refractivity contribution < 1.29 is 4.79 Å². The van der Waals surface area contributed by atoms with Crippen LogP contribution >= 0.6 is 11.3 Å². The number of nitrogens with zero attached hydrogens (tertiary/aromatic N) is 2. The summed E-state index contributed by atoms with van der Waals surface area (Å²) in [5.41, 5.74) is 7.44. The van der Waals surface area contributed by atoms with E-state index in [9.17, 15) is 4.79 Å². The molecule has 2 aromatic heterocycles. The molecule has 5 heteroatoms. The number of aromatic nitrogens is 2. The van der Waals surface area contributed by atoms with E-state index in [1.54, 1.807) is 23.7 Å². The van der Waals surface area contributed by atoms with Crippen molar-refractivity contribution in [2.75, 3.05) is 6.54 Å². The molecule has 3 rings (SSSR count). The summed E-state index contributed by atoms with van der Waals surface area (Å²) in [4.78, 5) is 20.1. The Balaban J connectivity index is 1.79. The summed E-state index contributed by atoms with van der Waals surface area (Å²) in [6.07, 6.45) is 7.68. The second-order valence-corrected chi connectivity index (χ2v) is 6.12. The van der Waals surface area contributed by atoms with Crippen LogP contribution in [0.5, 0.6) is 0 Å². The first-order valence-corrected chi connectivity index (χ1v) is 7.75. The summed E-state index contributed by atoms with van der Waals surface area (Å²) >= 11 is 1.74. The molecule has 0 aliphatic heterocycles. The van der Waals surface area contributed by atoms with Gasteiger partial charge in [-0.3, -0.25) is 4.79 Å². The molecule has 104 valence electrons. The number of hydrogen-bond acceptors (Lipinski definition) is 5. The van der Waals surface area contributed by atoms with Gasteiger partial charge in [-0.2, -0.15) is 11.3 Å². The Morgan fingerprint density at radius 3 is 2.60 bits per heavy atom. The Labute approximate surface area is 122 Å². The summed E-state index contributed by atoms with van der Waals surface area (Å²) in [6.45, 7) is 0.00154. The molecule has 0 atom stereocenters. The Hall–Kier alpha value is -1.59. The fourth-order valence-electron chi connectivity index (χ4n) is 2.75. The van der Waals surface area contributed by atoms with Crippen molar-refractivity contribution in [3.05, 3.63) is 46.2 Å². The van der Waals surface area contributed by atoms with E-state index >= 15 is 0 Å². The summed E-state index contributed by atoms with van der Waals surface area (Å²) in [5, 5.41) is 4.35. The maximum absolute atomic E-state index is 11.5.